The van der Waals surface area contributed by atoms with E-state index in [1.54, 1.807) is 19.1 Å². The number of aliphatic carboxylic acids is 1. The van der Waals surface area contributed by atoms with Gasteiger partial charge in [0.2, 0.25) is 0 Å². The third-order valence-corrected chi connectivity index (χ3v) is 5.31. The van der Waals surface area contributed by atoms with Gasteiger partial charge < -0.3 is 15.6 Å². The van der Waals surface area contributed by atoms with Crippen LogP contribution in [0.5, 0.6) is 0 Å². The van der Waals surface area contributed by atoms with Crippen LogP contribution in [0, 0.1) is 5.82 Å². The normalized spacial score (nSPS) is 16.1. The molecule has 0 saturated heterocycles. The molecule has 1 aliphatic rings. The lowest BCUT2D eigenvalue weighted by atomic mass is 9.83. The maximum absolute atomic E-state index is 13.6. The van der Waals surface area contributed by atoms with E-state index in [9.17, 15) is 14.3 Å². The van der Waals surface area contributed by atoms with Crippen LogP contribution >= 0.6 is 0 Å². The first-order valence-corrected chi connectivity index (χ1v) is 9.07. The number of benzene rings is 3. The van der Waals surface area contributed by atoms with E-state index in [2.05, 4.69) is 0 Å². The number of nitrogens with two attached hydrogens (primary N) is 1. The van der Waals surface area contributed by atoms with Crippen molar-refractivity contribution in [2.24, 2.45) is 5.73 Å². The minimum absolute atomic E-state index is 0.353. The number of carboxylic acid groups (broad SMARTS) is 1. The number of hydrogen-bond acceptors (Lipinski definition) is 3. The molecule has 0 amide bonds. The molecular formula is C23H20FNO3. The molecule has 0 bridgehead atoms. The number of carboxylic acids is 1. The van der Waals surface area contributed by atoms with Gasteiger partial charge in [-0.2, -0.15) is 0 Å². The molecule has 4 rings (SSSR count). The van der Waals surface area contributed by atoms with Gasteiger partial charge in [0.1, 0.15) is 17.5 Å². The summed E-state index contributed by atoms with van der Waals surface area (Å²) in [7, 11) is 0. The van der Waals surface area contributed by atoms with Crippen molar-refractivity contribution in [1.82, 2.24) is 0 Å². The Morgan fingerprint density at radius 3 is 1.96 bits per heavy atom. The lowest BCUT2D eigenvalue weighted by Gasteiger charge is -2.36. The summed E-state index contributed by atoms with van der Waals surface area (Å²) in [6.07, 6.45) is -0.790. The molecule has 0 aromatic heterocycles. The van der Waals surface area contributed by atoms with Crippen molar-refractivity contribution in [2.75, 3.05) is 0 Å². The Balaban J connectivity index is 1.99. The minimum atomic E-state index is -1.20. The highest BCUT2D eigenvalue weighted by Crippen LogP contribution is 2.53. The Labute approximate surface area is 162 Å². The SMILES string of the molecule is CC(OC1(c2ccc(F)cc2)c2ccccc2-c2ccccc21)[C@H](N)C(=O)O. The van der Waals surface area contributed by atoms with Crippen LogP contribution < -0.4 is 5.73 Å². The van der Waals surface area contributed by atoms with Crippen LogP contribution in [0.2, 0.25) is 0 Å². The van der Waals surface area contributed by atoms with Crippen LogP contribution in [-0.2, 0) is 15.1 Å². The Morgan fingerprint density at radius 2 is 1.46 bits per heavy atom. The van der Waals surface area contributed by atoms with Crippen LogP contribution in [0.1, 0.15) is 23.6 Å². The molecule has 3 N–H and O–H groups in total. The van der Waals surface area contributed by atoms with Crippen molar-refractivity contribution in [3.05, 3.63) is 95.3 Å². The lowest BCUT2D eigenvalue weighted by Crippen LogP contribution is -2.46. The second kappa shape index (κ2) is 6.86. The van der Waals surface area contributed by atoms with Gasteiger partial charge >= 0.3 is 5.97 Å². The summed E-state index contributed by atoms with van der Waals surface area (Å²) < 4.78 is 20.1. The van der Waals surface area contributed by atoms with Gasteiger partial charge in [0.15, 0.2) is 0 Å². The predicted molar refractivity (Wildman–Crippen MR) is 104 cm³/mol. The van der Waals surface area contributed by atoms with Gasteiger partial charge in [-0.1, -0.05) is 60.7 Å². The van der Waals surface area contributed by atoms with E-state index in [1.807, 2.05) is 48.5 Å². The fourth-order valence-electron chi connectivity index (χ4n) is 3.94. The van der Waals surface area contributed by atoms with E-state index < -0.39 is 23.7 Å². The molecule has 28 heavy (non-hydrogen) atoms. The molecule has 0 heterocycles. The van der Waals surface area contributed by atoms with Crippen molar-refractivity contribution >= 4 is 5.97 Å². The maximum atomic E-state index is 13.6. The zero-order chi connectivity index (χ0) is 19.9. The molecular weight excluding hydrogens is 357 g/mol. The molecule has 4 nitrogen and oxygen atoms in total. The van der Waals surface area contributed by atoms with Gasteiger partial charge in [-0.3, -0.25) is 4.79 Å². The molecule has 2 atom stereocenters. The second-order valence-electron chi connectivity index (χ2n) is 6.97. The van der Waals surface area contributed by atoms with Crippen molar-refractivity contribution in [1.29, 1.82) is 0 Å². The Kier molecular flexibility index (Phi) is 4.49. The Bertz CT molecular complexity index is 987. The van der Waals surface area contributed by atoms with Crippen LogP contribution in [-0.4, -0.2) is 23.2 Å². The van der Waals surface area contributed by atoms with Crippen LogP contribution in [0.3, 0.4) is 0 Å². The standard InChI is InChI=1S/C23H20FNO3/c1-14(21(25)22(26)27)28-23(15-10-12-16(24)13-11-15)19-8-4-2-6-17(19)18-7-3-5-9-20(18)23/h2-14,21H,25H2,1H3,(H,26,27)/t14?,21-/m0/s1. The summed E-state index contributed by atoms with van der Waals surface area (Å²) >= 11 is 0. The van der Waals surface area contributed by atoms with Crippen molar-refractivity contribution in [2.45, 2.75) is 24.7 Å². The first-order valence-electron chi connectivity index (χ1n) is 9.07. The number of ether oxygens (including phenoxy) is 1. The van der Waals surface area contributed by atoms with Crippen molar-refractivity contribution in [3.63, 3.8) is 0 Å². The summed E-state index contributed by atoms with van der Waals surface area (Å²) in [5.74, 6) is -1.49. The van der Waals surface area contributed by atoms with Gasteiger partial charge in [0.25, 0.3) is 0 Å². The zero-order valence-corrected chi connectivity index (χ0v) is 15.3. The van der Waals surface area contributed by atoms with E-state index >= 15 is 0 Å². The lowest BCUT2D eigenvalue weighted by molar-refractivity contribution is -0.144. The van der Waals surface area contributed by atoms with Crippen LogP contribution in [0.25, 0.3) is 11.1 Å². The number of carbonyl (C=O) groups is 1. The van der Waals surface area contributed by atoms with E-state index in [1.165, 1.54) is 12.1 Å². The molecule has 1 aliphatic carbocycles. The number of rotatable bonds is 5. The average molecular weight is 377 g/mol. The summed E-state index contributed by atoms with van der Waals surface area (Å²) in [6, 6.07) is 20.5. The third kappa shape index (κ3) is 2.71. The average Bonchev–Trinajstić information content (AvgIpc) is 2.99. The van der Waals surface area contributed by atoms with Crippen LogP contribution in [0.15, 0.2) is 72.8 Å². The zero-order valence-electron chi connectivity index (χ0n) is 15.3. The highest BCUT2D eigenvalue weighted by atomic mass is 19.1. The second-order valence-corrected chi connectivity index (χ2v) is 6.97. The summed E-state index contributed by atoms with van der Waals surface area (Å²) in [6.45, 7) is 1.65. The minimum Gasteiger partial charge on any atom is -0.480 e. The van der Waals surface area contributed by atoms with E-state index in [-0.39, 0.29) is 5.82 Å². The molecule has 0 aliphatic heterocycles. The molecule has 0 fully saturated rings. The third-order valence-electron chi connectivity index (χ3n) is 5.31. The van der Waals surface area contributed by atoms with E-state index in [0.29, 0.717) is 0 Å². The van der Waals surface area contributed by atoms with Gasteiger partial charge in [-0.25, -0.2) is 4.39 Å². The molecule has 0 radical (unpaired) electrons. The first-order chi connectivity index (χ1) is 13.4. The number of fused-ring (bicyclic) bond motifs is 3. The first kappa shape index (κ1) is 18.3. The monoisotopic (exact) mass is 377 g/mol. The summed E-state index contributed by atoms with van der Waals surface area (Å²) in [5.41, 5.74) is 9.26. The van der Waals surface area contributed by atoms with Gasteiger partial charge in [-0.05, 0) is 35.7 Å². The molecule has 3 aromatic carbocycles. The van der Waals surface area contributed by atoms with Gasteiger partial charge in [0.05, 0.1) is 6.10 Å². The largest absolute Gasteiger partial charge is 0.480 e. The Hall–Kier alpha value is -3.02. The smallest absolute Gasteiger partial charge is 0.323 e. The number of hydrogen-bond donors (Lipinski definition) is 2. The molecule has 0 saturated carbocycles. The molecule has 0 spiro atoms. The van der Waals surface area contributed by atoms with Gasteiger partial charge in [-0.15, -0.1) is 0 Å². The molecule has 3 aromatic rings. The van der Waals surface area contributed by atoms with E-state index in [4.69, 9.17) is 10.5 Å². The predicted octanol–water partition coefficient (Wildman–Crippen LogP) is 3.92. The summed E-state index contributed by atoms with van der Waals surface area (Å²) in [4.78, 5) is 11.4. The fraction of sp³-hybridized carbons (Fsp3) is 0.174. The van der Waals surface area contributed by atoms with Crippen molar-refractivity contribution in [3.8, 4) is 11.1 Å². The topological polar surface area (TPSA) is 72.5 Å². The van der Waals surface area contributed by atoms with Gasteiger partial charge in [0, 0.05) is 11.1 Å². The highest BCUT2D eigenvalue weighted by molar-refractivity contribution is 5.82. The molecule has 142 valence electrons. The molecule has 5 heteroatoms. The Morgan fingerprint density at radius 1 is 0.964 bits per heavy atom. The quantitative estimate of drug-likeness (QED) is 0.707. The molecule has 1 unspecified atom stereocenters. The fourth-order valence-corrected chi connectivity index (χ4v) is 3.94. The van der Waals surface area contributed by atoms with E-state index in [0.717, 1.165) is 27.8 Å². The number of halogens is 1. The van der Waals surface area contributed by atoms with Crippen molar-refractivity contribution < 1.29 is 19.0 Å². The maximum Gasteiger partial charge on any atom is 0.323 e. The highest BCUT2D eigenvalue weighted by Gasteiger charge is 2.47. The van der Waals surface area contributed by atoms with Crippen LogP contribution in [0.4, 0.5) is 4.39 Å². The summed E-state index contributed by atoms with van der Waals surface area (Å²) in [5, 5.41) is 9.35.